The molecule has 0 amide bonds. The summed E-state index contributed by atoms with van der Waals surface area (Å²) in [6.45, 7) is 8.84. The third kappa shape index (κ3) is 2.52. The van der Waals surface area contributed by atoms with Gasteiger partial charge in [-0.05, 0) is 19.9 Å². The number of aliphatic hydroxyl groups excluding tert-OH is 1. The van der Waals surface area contributed by atoms with Crippen LogP contribution in [0.5, 0.6) is 0 Å². The fraction of sp³-hybridized carbons (Fsp3) is 1.00. The molecule has 0 radical (unpaired) electrons. The van der Waals surface area contributed by atoms with Gasteiger partial charge in [0.15, 0.2) is 0 Å². The average Bonchev–Trinajstić information content (AvgIpc) is 2.55. The highest BCUT2D eigenvalue weighted by Crippen LogP contribution is 2.40. The maximum Gasteiger partial charge on any atom is 0.0826 e. The van der Waals surface area contributed by atoms with Crippen LogP contribution in [0.1, 0.15) is 33.6 Å². The first-order valence-electron chi connectivity index (χ1n) is 6.15. The lowest BCUT2D eigenvalue weighted by Gasteiger charge is -2.40. The summed E-state index contributed by atoms with van der Waals surface area (Å²) < 4.78 is 5.78. The van der Waals surface area contributed by atoms with E-state index in [0.29, 0.717) is 12.5 Å². The molecule has 2 rings (SSSR count). The monoisotopic (exact) mass is 215 g/mol. The molecule has 2 atom stereocenters. The number of likely N-dealkylation sites (tertiary alicyclic amines) is 1. The van der Waals surface area contributed by atoms with Crippen LogP contribution in [-0.2, 0) is 4.74 Å². The molecule has 3 heteroatoms. The Labute approximate surface area is 93.4 Å². The first-order valence-corrected chi connectivity index (χ1v) is 6.15. The SMILES string of the molecule is CC.CC1C(O)COC12CCN(C)CC2. The fourth-order valence-electron chi connectivity index (χ4n) is 2.47. The zero-order valence-electron chi connectivity index (χ0n) is 10.5. The van der Waals surface area contributed by atoms with Gasteiger partial charge in [-0.15, -0.1) is 0 Å². The molecular weight excluding hydrogens is 190 g/mol. The number of hydrogen-bond acceptors (Lipinski definition) is 3. The highest BCUT2D eigenvalue weighted by Gasteiger charge is 2.47. The van der Waals surface area contributed by atoms with Crippen LogP contribution >= 0.6 is 0 Å². The van der Waals surface area contributed by atoms with Crippen molar-refractivity contribution in [3.8, 4) is 0 Å². The number of nitrogens with zero attached hydrogens (tertiary/aromatic N) is 1. The lowest BCUT2D eigenvalue weighted by molar-refractivity contribution is -0.0594. The van der Waals surface area contributed by atoms with E-state index in [9.17, 15) is 5.11 Å². The second kappa shape index (κ2) is 5.28. The van der Waals surface area contributed by atoms with Gasteiger partial charge >= 0.3 is 0 Å². The average molecular weight is 215 g/mol. The van der Waals surface area contributed by atoms with Crippen LogP contribution in [0.25, 0.3) is 0 Å². The van der Waals surface area contributed by atoms with Crippen LogP contribution < -0.4 is 0 Å². The number of piperidine rings is 1. The molecule has 15 heavy (non-hydrogen) atoms. The third-order valence-corrected chi connectivity index (χ3v) is 3.78. The van der Waals surface area contributed by atoms with Gasteiger partial charge in [0.2, 0.25) is 0 Å². The van der Waals surface area contributed by atoms with Gasteiger partial charge < -0.3 is 14.7 Å². The zero-order valence-corrected chi connectivity index (χ0v) is 10.5. The van der Waals surface area contributed by atoms with E-state index in [4.69, 9.17) is 4.74 Å². The predicted octanol–water partition coefficient (Wildman–Crippen LogP) is 1.50. The molecule has 2 saturated heterocycles. The lowest BCUT2D eigenvalue weighted by atomic mass is 9.80. The van der Waals surface area contributed by atoms with E-state index >= 15 is 0 Å². The van der Waals surface area contributed by atoms with Crippen molar-refractivity contribution in [3.63, 3.8) is 0 Å². The minimum atomic E-state index is -0.247. The predicted molar refractivity (Wildman–Crippen MR) is 61.9 cm³/mol. The van der Waals surface area contributed by atoms with Gasteiger partial charge in [-0.1, -0.05) is 20.8 Å². The van der Waals surface area contributed by atoms with E-state index in [1.807, 2.05) is 13.8 Å². The number of hydrogen-bond donors (Lipinski definition) is 1. The van der Waals surface area contributed by atoms with Gasteiger partial charge in [-0.3, -0.25) is 0 Å². The smallest absolute Gasteiger partial charge is 0.0826 e. The van der Waals surface area contributed by atoms with Crippen molar-refractivity contribution >= 4 is 0 Å². The minimum absolute atomic E-state index is 0.00801. The molecule has 0 aromatic carbocycles. The molecule has 3 nitrogen and oxygen atoms in total. The Morgan fingerprint density at radius 3 is 2.20 bits per heavy atom. The summed E-state index contributed by atoms with van der Waals surface area (Å²) in [6.07, 6.45) is 1.90. The van der Waals surface area contributed by atoms with E-state index in [1.54, 1.807) is 0 Å². The zero-order chi connectivity index (χ0) is 11.5. The van der Waals surface area contributed by atoms with E-state index in [1.165, 1.54) is 0 Å². The summed E-state index contributed by atoms with van der Waals surface area (Å²) in [6, 6.07) is 0. The first kappa shape index (κ1) is 12.9. The maximum atomic E-state index is 9.64. The molecule has 0 bridgehead atoms. The van der Waals surface area contributed by atoms with Crippen LogP contribution in [0.3, 0.4) is 0 Å². The maximum absolute atomic E-state index is 9.64. The van der Waals surface area contributed by atoms with E-state index in [0.717, 1.165) is 25.9 Å². The van der Waals surface area contributed by atoms with E-state index in [-0.39, 0.29) is 11.7 Å². The largest absolute Gasteiger partial charge is 0.390 e. The van der Waals surface area contributed by atoms with Crippen molar-refractivity contribution in [1.29, 1.82) is 0 Å². The highest BCUT2D eigenvalue weighted by atomic mass is 16.5. The van der Waals surface area contributed by atoms with Gasteiger partial charge in [0.05, 0.1) is 18.3 Å². The summed E-state index contributed by atoms with van der Waals surface area (Å²) >= 11 is 0. The van der Waals surface area contributed by atoms with Crippen molar-refractivity contribution in [2.24, 2.45) is 5.92 Å². The Hall–Kier alpha value is -0.120. The molecule has 2 fully saturated rings. The van der Waals surface area contributed by atoms with Gasteiger partial charge in [0.1, 0.15) is 0 Å². The molecule has 1 spiro atoms. The van der Waals surface area contributed by atoms with Gasteiger partial charge in [-0.25, -0.2) is 0 Å². The van der Waals surface area contributed by atoms with Crippen molar-refractivity contribution in [2.45, 2.75) is 45.3 Å². The second-order valence-electron chi connectivity index (χ2n) is 4.54. The summed E-state index contributed by atoms with van der Waals surface area (Å²) in [5.41, 5.74) is -0.00801. The second-order valence-corrected chi connectivity index (χ2v) is 4.54. The normalized spacial score (nSPS) is 35.0. The third-order valence-electron chi connectivity index (χ3n) is 3.78. The molecular formula is C12H25NO2. The quantitative estimate of drug-likeness (QED) is 0.665. The van der Waals surface area contributed by atoms with E-state index < -0.39 is 0 Å². The topological polar surface area (TPSA) is 32.7 Å². The van der Waals surface area contributed by atoms with Crippen molar-refractivity contribution < 1.29 is 9.84 Å². The molecule has 0 aromatic heterocycles. The Kier molecular flexibility index (Phi) is 4.56. The Morgan fingerprint density at radius 1 is 1.27 bits per heavy atom. The molecule has 0 aliphatic carbocycles. The van der Waals surface area contributed by atoms with Gasteiger partial charge in [0.25, 0.3) is 0 Å². The van der Waals surface area contributed by atoms with Crippen LogP contribution in [0.15, 0.2) is 0 Å². The molecule has 90 valence electrons. The summed E-state index contributed by atoms with van der Waals surface area (Å²) in [4.78, 5) is 2.33. The van der Waals surface area contributed by atoms with Crippen molar-refractivity contribution in [3.05, 3.63) is 0 Å². The molecule has 1 N–H and O–H groups in total. The minimum Gasteiger partial charge on any atom is -0.390 e. The van der Waals surface area contributed by atoms with Crippen LogP contribution in [0.4, 0.5) is 0 Å². The fourth-order valence-corrected chi connectivity index (χ4v) is 2.47. The molecule has 2 aliphatic rings. The van der Waals surface area contributed by atoms with Crippen molar-refractivity contribution in [1.82, 2.24) is 4.90 Å². The summed E-state index contributed by atoms with van der Waals surface area (Å²) in [5.74, 6) is 0.307. The van der Waals surface area contributed by atoms with Gasteiger partial charge in [0, 0.05) is 19.0 Å². The first-order chi connectivity index (χ1) is 7.14. The summed E-state index contributed by atoms with van der Waals surface area (Å²) in [5, 5.41) is 9.64. The molecule has 2 unspecified atom stereocenters. The molecule has 2 heterocycles. The summed E-state index contributed by atoms with van der Waals surface area (Å²) in [7, 11) is 2.14. The standard InChI is InChI=1S/C10H19NO2.C2H6/c1-8-9(12)7-13-10(8)3-5-11(2)6-4-10;1-2/h8-9,12H,3-7H2,1-2H3;1-2H3. The van der Waals surface area contributed by atoms with Crippen LogP contribution in [-0.4, -0.2) is 48.5 Å². The number of ether oxygens (including phenoxy) is 1. The Balaban J connectivity index is 0.000000531. The Bertz CT molecular complexity index is 188. The van der Waals surface area contributed by atoms with Crippen LogP contribution in [0.2, 0.25) is 0 Å². The van der Waals surface area contributed by atoms with Crippen LogP contribution in [0, 0.1) is 5.92 Å². The number of rotatable bonds is 0. The van der Waals surface area contributed by atoms with Gasteiger partial charge in [-0.2, -0.15) is 0 Å². The molecule has 0 aromatic rings. The Morgan fingerprint density at radius 2 is 1.80 bits per heavy atom. The number of aliphatic hydroxyl groups is 1. The van der Waals surface area contributed by atoms with E-state index in [2.05, 4.69) is 18.9 Å². The highest BCUT2D eigenvalue weighted by molar-refractivity contribution is 4.98. The molecule has 2 aliphatic heterocycles. The lowest BCUT2D eigenvalue weighted by Crippen LogP contribution is -2.46. The van der Waals surface area contributed by atoms with Crippen molar-refractivity contribution in [2.75, 3.05) is 26.7 Å². The molecule has 0 saturated carbocycles.